The van der Waals surface area contributed by atoms with Gasteiger partial charge in [-0.2, -0.15) is 0 Å². The van der Waals surface area contributed by atoms with Crippen LogP contribution in [0.25, 0.3) is 22.0 Å². The third kappa shape index (κ3) is 3.92. The van der Waals surface area contributed by atoms with Gasteiger partial charge >= 0.3 is 0 Å². The van der Waals surface area contributed by atoms with Crippen molar-refractivity contribution in [3.63, 3.8) is 0 Å². The van der Waals surface area contributed by atoms with Crippen LogP contribution in [0.4, 0.5) is 5.95 Å². The minimum atomic E-state index is 0.115. The molecule has 0 saturated carbocycles. The van der Waals surface area contributed by atoms with Crippen molar-refractivity contribution < 1.29 is 9.47 Å². The molecule has 1 aromatic heterocycles. The van der Waals surface area contributed by atoms with E-state index >= 15 is 0 Å². The number of nitrogens with one attached hydrogen (secondary N) is 1. The normalized spacial score (nSPS) is 11.2. The zero-order valence-electron chi connectivity index (χ0n) is 14.7. The third-order valence-electron chi connectivity index (χ3n) is 3.67. The standard InChI is InChI=1S/C19H19BrClN3O2/c1-11(2)23-19-22-9-12-8-14(13-6-4-5-7-15(13)21)18(26-10-25-3)16(20)17(12)24-19/h4-9,11H,10H2,1-3H3,(H,22,23,24). The fourth-order valence-corrected chi connectivity index (χ4v) is 3.47. The molecule has 0 aliphatic carbocycles. The number of hydrogen-bond donors (Lipinski definition) is 1. The predicted octanol–water partition coefficient (Wildman–Crippen LogP) is 5.52. The van der Waals surface area contributed by atoms with Crippen LogP contribution in [0.3, 0.4) is 0 Å². The highest BCUT2D eigenvalue weighted by Gasteiger charge is 2.18. The van der Waals surface area contributed by atoms with E-state index in [-0.39, 0.29) is 12.8 Å². The van der Waals surface area contributed by atoms with Gasteiger partial charge in [-0.15, -0.1) is 0 Å². The van der Waals surface area contributed by atoms with Crippen LogP contribution in [0.15, 0.2) is 41.0 Å². The van der Waals surface area contributed by atoms with Crippen molar-refractivity contribution in [1.82, 2.24) is 9.97 Å². The van der Waals surface area contributed by atoms with E-state index in [1.54, 1.807) is 13.3 Å². The molecule has 0 saturated heterocycles. The quantitative estimate of drug-likeness (QED) is 0.516. The van der Waals surface area contributed by atoms with Crippen molar-refractivity contribution in [2.75, 3.05) is 19.2 Å². The molecule has 2 aromatic carbocycles. The van der Waals surface area contributed by atoms with Gasteiger partial charge in [0.05, 0.1) is 9.99 Å². The molecule has 0 spiro atoms. The van der Waals surface area contributed by atoms with Crippen LogP contribution in [-0.4, -0.2) is 29.9 Å². The van der Waals surface area contributed by atoms with Gasteiger partial charge in [0.15, 0.2) is 6.79 Å². The smallest absolute Gasteiger partial charge is 0.223 e. The molecule has 0 unspecified atom stereocenters. The lowest BCUT2D eigenvalue weighted by molar-refractivity contribution is 0.0511. The van der Waals surface area contributed by atoms with Gasteiger partial charge in [0.2, 0.25) is 5.95 Å². The number of ether oxygens (including phenoxy) is 2. The molecule has 3 aromatic rings. The second-order valence-electron chi connectivity index (χ2n) is 6.03. The highest BCUT2D eigenvalue weighted by molar-refractivity contribution is 9.10. The molecule has 0 aliphatic heterocycles. The van der Waals surface area contributed by atoms with Gasteiger partial charge in [-0.25, -0.2) is 9.97 Å². The molecule has 136 valence electrons. The summed E-state index contributed by atoms with van der Waals surface area (Å²) in [5, 5.41) is 4.73. The number of halogens is 2. The second-order valence-corrected chi connectivity index (χ2v) is 7.23. The Bertz CT molecular complexity index is 934. The number of aromatic nitrogens is 2. The molecule has 0 amide bonds. The van der Waals surface area contributed by atoms with Gasteiger partial charge in [0, 0.05) is 40.9 Å². The van der Waals surface area contributed by atoms with Gasteiger partial charge in [-0.05, 0) is 41.9 Å². The minimum absolute atomic E-state index is 0.115. The van der Waals surface area contributed by atoms with Crippen LogP contribution >= 0.6 is 27.5 Å². The molecule has 5 nitrogen and oxygen atoms in total. The fourth-order valence-electron chi connectivity index (χ4n) is 2.59. The molecule has 1 heterocycles. The molecule has 0 atom stereocenters. The average Bonchev–Trinajstić information content (AvgIpc) is 2.61. The lowest BCUT2D eigenvalue weighted by atomic mass is 10.0. The van der Waals surface area contributed by atoms with Crippen LogP contribution in [0.2, 0.25) is 5.02 Å². The first-order chi connectivity index (χ1) is 12.5. The van der Waals surface area contributed by atoms with Crippen LogP contribution in [0.5, 0.6) is 5.75 Å². The summed E-state index contributed by atoms with van der Waals surface area (Å²) in [7, 11) is 1.58. The Hall–Kier alpha value is -1.89. The highest BCUT2D eigenvalue weighted by atomic mass is 79.9. The fraction of sp³-hybridized carbons (Fsp3) is 0.263. The molecule has 1 N–H and O–H groups in total. The van der Waals surface area contributed by atoms with E-state index in [0.29, 0.717) is 16.7 Å². The highest BCUT2D eigenvalue weighted by Crippen LogP contribution is 2.43. The molecule has 26 heavy (non-hydrogen) atoms. The van der Waals surface area contributed by atoms with Gasteiger partial charge in [0.1, 0.15) is 5.75 Å². The Kier molecular flexibility index (Phi) is 5.96. The number of hydrogen-bond acceptors (Lipinski definition) is 5. The first-order valence-corrected chi connectivity index (χ1v) is 9.30. The first kappa shape index (κ1) is 18.9. The second kappa shape index (κ2) is 8.20. The maximum Gasteiger partial charge on any atom is 0.223 e. The lowest BCUT2D eigenvalue weighted by Crippen LogP contribution is -2.12. The van der Waals surface area contributed by atoms with Crippen LogP contribution in [0.1, 0.15) is 13.8 Å². The van der Waals surface area contributed by atoms with Crippen LogP contribution in [-0.2, 0) is 4.74 Å². The Morgan fingerprint density at radius 2 is 2.00 bits per heavy atom. The van der Waals surface area contributed by atoms with E-state index in [0.717, 1.165) is 26.5 Å². The summed E-state index contributed by atoms with van der Waals surface area (Å²) in [5.41, 5.74) is 2.47. The molecule has 0 aliphatic rings. The summed E-state index contributed by atoms with van der Waals surface area (Å²) >= 11 is 10.1. The molecular formula is C19H19BrClN3O2. The molecule has 0 fully saturated rings. The van der Waals surface area contributed by atoms with Crippen molar-refractivity contribution in [2.24, 2.45) is 0 Å². The zero-order valence-corrected chi connectivity index (χ0v) is 17.1. The molecule has 0 bridgehead atoms. The first-order valence-electron chi connectivity index (χ1n) is 8.13. The summed E-state index contributed by atoms with van der Waals surface area (Å²) in [4.78, 5) is 9.01. The van der Waals surface area contributed by atoms with Crippen molar-refractivity contribution in [3.05, 3.63) is 46.0 Å². The minimum Gasteiger partial charge on any atom is -0.466 e. The largest absolute Gasteiger partial charge is 0.466 e. The maximum atomic E-state index is 6.41. The number of methoxy groups -OCH3 is 1. The number of nitrogens with zero attached hydrogens (tertiary/aromatic N) is 2. The summed E-state index contributed by atoms with van der Waals surface area (Å²) in [6, 6.07) is 9.84. The van der Waals surface area contributed by atoms with Crippen molar-refractivity contribution in [2.45, 2.75) is 19.9 Å². The Morgan fingerprint density at radius 3 is 2.69 bits per heavy atom. The number of benzene rings is 2. The molecular weight excluding hydrogens is 418 g/mol. The van der Waals surface area contributed by atoms with Crippen molar-refractivity contribution in [1.29, 1.82) is 0 Å². The number of anilines is 1. The SMILES string of the molecule is COCOc1c(-c2ccccc2Cl)cc2cnc(NC(C)C)nc2c1Br. The van der Waals surface area contributed by atoms with Crippen molar-refractivity contribution >= 4 is 44.4 Å². The van der Waals surface area contributed by atoms with Gasteiger partial charge < -0.3 is 14.8 Å². The Morgan fingerprint density at radius 1 is 1.23 bits per heavy atom. The van der Waals surface area contributed by atoms with E-state index in [1.807, 2.05) is 44.2 Å². The predicted molar refractivity (Wildman–Crippen MR) is 109 cm³/mol. The third-order valence-corrected chi connectivity index (χ3v) is 4.74. The summed E-state index contributed by atoms with van der Waals surface area (Å²) in [6.07, 6.45) is 1.79. The topological polar surface area (TPSA) is 56.3 Å². The van der Waals surface area contributed by atoms with E-state index in [1.165, 1.54) is 0 Å². The average molecular weight is 437 g/mol. The van der Waals surface area contributed by atoms with Gasteiger partial charge in [-0.3, -0.25) is 0 Å². The number of fused-ring (bicyclic) bond motifs is 1. The molecule has 0 radical (unpaired) electrons. The summed E-state index contributed by atoms with van der Waals surface area (Å²) in [5.74, 6) is 1.19. The van der Waals surface area contributed by atoms with E-state index in [4.69, 9.17) is 21.1 Å². The Balaban J connectivity index is 2.22. The van der Waals surface area contributed by atoms with Crippen LogP contribution < -0.4 is 10.1 Å². The van der Waals surface area contributed by atoms with Crippen molar-refractivity contribution in [3.8, 4) is 16.9 Å². The van der Waals surface area contributed by atoms with Gasteiger partial charge in [-0.1, -0.05) is 29.8 Å². The molecule has 3 rings (SSSR count). The zero-order chi connectivity index (χ0) is 18.7. The maximum absolute atomic E-state index is 6.41. The summed E-state index contributed by atoms with van der Waals surface area (Å²) in [6.45, 7) is 4.19. The monoisotopic (exact) mass is 435 g/mol. The van der Waals surface area contributed by atoms with E-state index < -0.39 is 0 Å². The molecule has 7 heteroatoms. The van der Waals surface area contributed by atoms with Gasteiger partial charge in [0.25, 0.3) is 0 Å². The van der Waals surface area contributed by atoms with Crippen LogP contribution in [0, 0.1) is 0 Å². The lowest BCUT2D eigenvalue weighted by Gasteiger charge is -2.16. The Labute approximate surface area is 165 Å². The summed E-state index contributed by atoms with van der Waals surface area (Å²) < 4.78 is 11.7. The van der Waals surface area contributed by atoms with E-state index in [9.17, 15) is 0 Å². The number of rotatable bonds is 6. The van der Waals surface area contributed by atoms with E-state index in [2.05, 4.69) is 31.2 Å².